The normalized spacial score (nSPS) is 20.8. The molecule has 1 rings (SSSR count). The van der Waals surface area contributed by atoms with E-state index in [0.29, 0.717) is 19.1 Å². The zero-order chi connectivity index (χ0) is 12.0. The summed E-state index contributed by atoms with van der Waals surface area (Å²) in [5, 5.41) is 3.14. The number of amides is 1. The van der Waals surface area contributed by atoms with Gasteiger partial charge >= 0.3 is 0 Å². The molecule has 1 unspecified atom stereocenters. The van der Waals surface area contributed by atoms with Crippen LogP contribution >= 0.6 is 0 Å². The lowest BCUT2D eigenvalue weighted by Crippen LogP contribution is -2.41. The monoisotopic (exact) mass is 228 g/mol. The number of hydrogen-bond acceptors (Lipinski definition) is 3. The number of hydrogen-bond donors (Lipinski definition) is 1. The minimum Gasteiger partial charge on any atom is -0.378 e. The highest BCUT2D eigenvalue weighted by Gasteiger charge is 2.27. The highest BCUT2D eigenvalue weighted by atomic mass is 16.5. The Morgan fingerprint density at radius 1 is 1.56 bits per heavy atom. The SMILES string of the molecule is CNCC1CCCN1C(=O)CCOC(C)C. The molecule has 0 aromatic carbocycles. The average molecular weight is 228 g/mol. The molecule has 1 heterocycles. The van der Waals surface area contributed by atoms with Gasteiger partial charge in [-0.25, -0.2) is 0 Å². The summed E-state index contributed by atoms with van der Waals surface area (Å²) in [6, 6.07) is 0.386. The fraction of sp³-hybridized carbons (Fsp3) is 0.917. The van der Waals surface area contributed by atoms with E-state index >= 15 is 0 Å². The molecule has 0 aromatic rings. The van der Waals surface area contributed by atoms with Gasteiger partial charge < -0.3 is 15.0 Å². The fourth-order valence-electron chi connectivity index (χ4n) is 2.14. The molecular weight excluding hydrogens is 204 g/mol. The standard InChI is InChI=1S/C12H24N2O2/c1-10(2)16-8-6-12(15)14-7-4-5-11(14)9-13-3/h10-11,13H,4-9H2,1-3H3. The van der Waals surface area contributed by atoms with Gasteiger partial charge in [0.15, 0.2) is 0 Å². The van der Waals surface area contributed by atoms with E-state index in [0.717, 1.165) is 25.9 Å². The van der Waals surface area contributed by atoms with Crippen molar-refractivity contribution < 1.29 is 9.53 Å². The fourth-order valence-corrected chi connectivity index (χ4v) is 2.14. The first-order chi connectivity index (χ1) is 7.65. The van der Waals surface area contributed by atoms with Gasteiger partial charge in [-0.05, 0) is 33.7 Å². The summed E-state index contributed by atoms with van der Waals surface area (Å²) in [5.41, 5.74) is 0. The first-order valence-corrected chi connectivity index (χ1v) is 6.20. The Balaban J connectivity index is 2.29. The van der Waals surface area contributed by atoms with Gasteiger partial charge in [-0.15, -0.1) is 0 Å². The van der Waals surface area contributed by atoms with Crippen LogP contribution in [0.15, 0.2) is 0 Å². The van der Waals surface area contributed by atoms with Crippen LogP contribution in [0.25, 0.3) is 0 Å². The van der Waals surface area contributed by atoms with Crippen molar-refractivity contribution in [1.29, 1.82) is 0 Å². The molecule has 94 valence electrons. The second-order valence-electron chi connectivity index (χ2n) is 4.61. The van der Waals surface area contributed by atoms with Gasteiger partial charge in [-0.3, -0.25) is 4.79 Å². The maximum atomic E-state index is 11.9. The number of carbonyl (C=O) groups is 1. The third-order valence-electron chi connectivity index (χ3n) is 2.90. The number of rotatable bonds is 6. The Kier molecular flexibility index (Phi) is 5.77. The Hall–Kier alpha value is -0.610. The van der Waals surface area contributed by atoms with E-state index in [9.17, 15) is 4.79 Å². The van der Waals surface area contributed by atoms with Crippen LogP contribution in [0.4, 0.5) is 0 Å². The predicted octanol–water partition coefficient (Wildman–Crippen LogP) is 1.01. The Bertz CT molecular complexity index is 219. The van der Waals surface area contributed by atoms with Gasteiger partial charge in [0.1, 0.15) is 0 Å². The van der Waals surface area contributed by atoms with Gasteiger partial charge in [0.2, 0.25) is 5.91 Å². The molecule has 1 amide bonds. The summed E-state index contributed by atoms with van der Waals surface area (Å²) in [4.78, 5) is 13.9. The summed E-state index contributed by atoms with van der Waals surface area (Å²) in [6.07, 6.45) is 2.97. The van der Waals surface area contributed by atoms with Gasteiger partial charge in [0.05, 0.1) is 19.1 Å². The van der Waals surface area contributed by atoms with Crippen molar-refractivity contribution in [3.63, 3.8) is 0 Å². The maximum Gasteiger partial charge on any atom is 0.225 e. The molecule has 0 aliphatic carbocycles. The molecule has 1 fully saturated rings. The molecule has 1 aliphatic rings. The number of ether oxygens (including phenoxy) is 1. The van der Waals surface area contributed by atoms with Crippen molar-refractivity contribution in [2.24, 2.45) is 0 Å². The van der Waals surface area contributed by atoms with E-state index in [4.69, 9.17) is 4.74 Å². The summed E-state index contributed by atoms with van der Waals surface area (Å²) < 4.78 is 5.40. The Morgan fingerprint density at radius 2 is 2.31 bits per heavy atom. The van der Waals surface area contributed by atoms with Crippen molar-refractivity contribution in [1.82, 2.24) is 10.2 Å². The Labute approximate surface area is 98.3 Å². The molecule has 0 bridgehead atoms. The number of carbonyl (C=O) groups excluding carboxylic acids is 1. The first-order valence-electron chi connectivity index (χ1n) is 6.20. The van der Waals surface area contributed by atoms with Gasteiger partial charge in [0, 0.05) is 19.1 Å². The van der Waals surface area contributed by atoms with Crippen LogP contribution in [0, 0.1) is 0 Å². The predicted molar refractivity (Wildman–Crippen MR) is 64.4 cm³/mol. The largest absolute Gasteiger partial charge is 0.378 e. The van der Waals surface area contributed by atoms with E-state index < -0.39 is 0 Å². The molecule has 1 atom stereocenters. The molecule has 1 N–H and O–H groups in total. The van der Waals surface area contributed by atoms with E-state index in [2.05, 4.69) is 5.32 Å². The minimum atomic E-state index is 0.208. The first kappa shape index (κ1) is 13.5. The van der Waals surface area contributed by atoms with Crippen LogP contribution in [0.3, 0.4) is 0 Å². The lowest BCUT2D eigenvalue weighted by molar-refractivity contribution is -0.133. The molecule has 1 aliphatic heterocycles. The maximum absolute atomic E-state index is 11.9. The number of likely N-dealkylation sites (N-methyl/N-ethyl adjacent to an activating group) is 1. The van der Waals surface area contributed by atoms with Crippen LogP contribution < -0.4 is 5.32 Å². The van der Waals surface area contributed by atoms with Crippen LogP contribution in [0.2, 0.25) is 0 Å². The second-order valence-corrected chi connectivity index (χ2v) is 4.61. The molecule has 4 heteroatoms. The molecule has 0 saturated carbocycles. The lowest BCUT2D eigenvalue weighted by atomic mass is 10.2. The van der Waals surface area contributed by atoms with E-state index in [1.54, 1.807) is 0 Å². The highest BCUT2D eigenvalue weighted by molar-refractivity contribution is 5.76. The zero-order valence-corrected chi connectivity index (χ0v) is 10.7. The number of nitrogens with one attached hydrogen (secondary N) is 1. The quantitative estimate of drug-likeness (QED) is 0.738. The van der Waals surface area contributed by atoms with Gasteiger partial charge in [-0.2, -0.15) is 0 Å². The van der Waals surface area contributed by atoms with E-state index in [-0.39, 0.29) is 12.0 Å². The molecule has 0 spiro atoms. The van der Waals surface area contributed by atoms with Gasteiger partial charge in [-0.1, -0.05) is 0 Å². The van der Waals surface area contributed by atoms with Crippen molar-refractivity contribution in [3.8, 4) is 0 Å². The van der Waals surface area contributed by atoms with E-state index in [1.807, 2.05) is 25.8 Å². The Morgan fingerprint density at radius 3 is 2.94 bits per heavy atom. The minimum absolute atomic E-state index is 0.208. The number of likely N-dealkylation sites (tertiary alicyclic amines) is 1. The molecule has 0 radical (unpaired) electrons. The summed E-state index contributed by atoms with van der Waals surface area (Å²) in [7, 11) is 1.93. The van der Waals surface area contributed by atoms with Crippen molar-refractivity contribution in [2.45, 2.75) is 45.3 Å². The van der Waals surface area contributed by atoms with Crippen LogP contribution in [0.1, 0.15) is 33.1 Å². The van der Waals surface area contributed by atoms with Crippen molar-refractivity contribution in [3.05, 3.63) is 0 Å². The lowest BCUT2D eigenvalue weighted by Gasteiger charge is -2.24. The topological polar surface area (TPSA) is 41.6 Å². The molecular formula is C12H24N2O2. The average Bonchev–Trinajstić information content (AvgIpc) is 2.66. The van der Waals surface area contributed by atoms with Gasteiger partial charge in [0.25, 0.3) is 0 Å². The molecule has 1 saturated heterocycles. The molecule has 4 nitrogen and oxygen atoms in total. The van der Waals surface area contributed by atoms with Crippen LogP contribution in [-0.2, 0) is 9.53 Å². The summed E-state index contributed by atoms with van der Waals surface area (Å²) in [5.74, 6) is 0.235. The molecule has 0 aromatic heterocycles. The number of nitrogens with zero attached hydrogens (tertiary/aromatic N) is 1. The third-order valence-corrected chi connectivity index (χ3v) is 2.90. The van der Waals surface area contributed by atoms with E-state index in [1.165, 1.54) is 0 Å². The van der Waals surface area contributed by atoms with Crippen LogP contribution in [0.5, 0.6) is 0 Å². The van der Waals surface area contributed by atoms with Crippen LogP contribution in [-0.4, -0.2) is 49.7 Å². The smallest absolute Gasteiger partial charge is 0.225 e. The third kappa shape index (κ3) is 4.10. The molecule has 16 heavy (non-hydrogen) atoms. The zero-order valence-electron chi connectivity index (χ0n) is 10.7. The highest BCUT2D eigenvalue weighted by Crippen LogP contribution is 2.17. The van der Waals surface area contributed by atoms with Crippen molar-refractivity contribution >= 4 is 5.91 Å². The second kappa shape index (κ2) is 6.86. The van der Waals surface area contributed by atoms with Crippen molar-refractivity contribution in [2.75, 3.05) is 26.7 Å². The summed E-state index contributed by atoms with van der Waals surface area (Å²) in [6.45, 7) is 6.33. The summed E-state index contributed by atoms with van der Waals surface area (Å²) >= 11 is 0.